The van der Waals surface area contributed by atoms with Crippen LogP contribution in [-0.2, 0) is 4.74 Å². The summed E-state index contributed by atoms with van der Waals surface area (Å²) in [7, 11) is 0. The maximum atomic E-state index is 12.8. The van der Waals surface area contributed by atoms with E-state index in [1.165, 1.54) is 12.1 Å². The predicted molar refractivity (Wildman–Crippen MR) is 102 cm³/mol. The molecule has 2 aromatic carbocycles. The van der Waals surface area contributed by atoms with E-state index < -0.39 is 4.92 Å². The molecule has 0 spiro atoms. The number of morpholine rings is 1. The molecule has 1 fully saturated rings. The first kappa shape index (κ1) is 18.1. The van der Waals surface area contributed by atoms with Gasteiger partial charge in [0.25, 0.3) is 11.6 Å². The van der Waals surface area contributed by atoms with Crippen molar-refractivity contribution in [2.75, 3.05) is 49.7 Å². The number of carbonyl (C=O) groups excluding carboxylic acids is 1. The van der Waals surface area contributed by atoms with Gasteiger partial charge < -0.3 is 24.4 Å². The molecule has 146 valence electrons. The van der Waals surface area contributed by atoms with Crippen LogP contribution in [0.3, 0.4) is 0 Å². The topological polar surface area (TPSA) is 103 Å². The fraction of sp³-hybridized carbons (Fsp3) is 0.316. The van der Waals surface area contributed by atoms with Gasteiger partial charge in [-0.05, 0) is 24.3 Å². The molecular formula is C19H19N3O6. The number of nitrogens with one attached hydrogen (secondary N) is 1. The van der Waals surface area contributed by atoms with E-state index in [1.54, 1.807) is 24.3 Å². The van der Waals surface area contributed by atoms with Crippen molar-refractivity contribution in [3.63, 3.8) is 0 Å². The van der Waals surface area contributed by atoms with Crippen LogP contribution >= 0.6 is 0 Å². The molecular weight excluding hydrogens is 366 g/mol. The molecule has 0 unspecified atom stereocenters. The summed E-state index contributed by atoms with van der Waals surface area (Å²) in [6.07, 6.45) is 0. The summed E-state index contributed by atoms with van der Waals surface area (Å²) in [5, 5.41) is 14.0. The Morgan fingerprint density at radius 3 is 2.50 bits per heavy atom. The second-order valence-corrected chi connectivity index (χ2v) is 6.37. The maximum Gasteiger partial charge on any atom is 0.271 e. The highest BCUT2D eigenvalue weighted by molar-refractivity contribution is 6.06. The van der Waals surface area contributed by atoms with Gasteiger partial charge in [-0.2, -0.15) is 0 Å². The van der Waals surface area contributed by atoms with Crippen molar-refractivity contribution in [3.8, 4) is 11.5 Å². The van der Waals surface area contributed by atoms with Crippen LogP contribution in [0, 0.1) is 10.1 Å². The highest BCUT2D eigenvalue weighted by Gasteiger charge is 2.21. The van der Waals surface area contributed by atoms with Crippen molar-refractivity contribution < 1.29 is 23.9 Å². The van der Waals surface area contributed by atoms with Crippen LogP contribution < -0.4 is 19.7 Å². The number of non-ortho nitro benzene ring substituents is 1. The van der Waals surface area contributed by atoms with Gasteiger partial charge in [-0.3, -0.25) is 14.9 Å². The Bertz CT molecular complexity index is 911. The second kappa shape index (κ2) is 7.73. The average molecular weight is 385 g/mol. The van der Waals surface area contributed by atoms with E-state index in [1.807, 2.05) is 4.90 Å². The van der Waals surface area contributed by atoms with Gasteiger partial charge in [0.1, 0.15) is 13.2 Å². The molecule has 28 heavy (non-hydrogen) atoms. The van der Waals surface area contributed by atoms with Crippen molar-refractivity contribution in [3.05, 3.63) is 52.1 Å². The standard InChI is InChI=1S/C19H19N3O6/c23-19(13-1-4-17-18(11-13)28-10-9-27-17)20-15-3-2-14(22(24)25)12-16(15)21-5-7-26-8-6-21/h1-4,11-12H,5-10H2,(H,20,23). The lowest BCUT2D eigenvalue weighted by molar-refractivity contribution is -0.384. The van der Waals surface area contributed by atoms with Gasteiger partial charge in [0.15, 0.2) is 11.5 Å². The van der Waals surface area contributed by atoms with Crippen molar-refractivity contribution in [2.45, 2.75) is 0 Å². The van der Waals surface area contributed by atoms with Crippen molar-refractivity contribution in [1.29, 1.82) is 0 Å². The van der Waals surface area contributed by atoms with Crippen LogP contribution in [0.25, 0.3) is 0 Å². The zero-order valence-corrected chi connectivity index (χ0v) is 15.1. The first-order valence-electron chi connectivity index (χ1n) is 8.94. The number of hydrogen-bond donors (Lipinski definition) is 1. The number of nitro benzene ring substituents is 1. The molecule has 0 radical (unpaired) electrons. The fourth-order valence-electron chi connectivity index (χ4n) is 3.18. The Morgan fingerprint density at radius 2 is 1.75 bits per heavy atom. The van der Waals surface area contributed by atoms with Gasteiger partial charge in [0.2, 0.25) is 0 Å². The van der Waals surface area contributed by atoms with E-state index in [9.17, 15) is 14.9 Å². The van der Waals surface area contributed by atoms with E-state index in [2.05, 4.69) is 5.32 Å². The molecule has 2 aromatic rings. The molecule has 1 N–H and O–H groups in total. The summed E-state index contributed by atoms with van der Waals surface area (Å²) < 4.78 is 16.3. The maximum absolute atomic E-state index is 12.8. The molecule has 9 nitrogen and oxygen atoms in total. The third-order valence-electron chi connectivity index (χ3n) is 4.60. The van der Waals surface area contributed by atoms with Crippen molar-refractivity contribution in [2.24, 2.45) is 0 Å². The number of hydrogen-bond acceptors (Lipinski definition) is 7. The molecule has 4 rings (SSSR count). The summed E-state index contributed by atoms with van der Waals surface area (Å²) in [4.78, 5) is 25.5. The lowest BCUT2D eigenvalue weighted by atomic mass is 10.1. The Morgan fingerprint density at radius 1 is 1.00 bits per heavy atom. The first-order valence-corrected chi connectivity index (χ1v) is 8.94. The van der Waals surface area contributed by atoms with Crippen LogP contribution in [0.15, 0.2) is 36.4 Å². The Balaban J connectivity index is 1.61. The summed E-state index contributed by atoms with van der Waals surface area (Å²) in [6, 6.07) is 9.39. The minimum absolute atomic E-state index is 0.0289. The first-order chi connectivity index (χ1) is 13.6. The van der Waals surface area contributed by atoms with Gasteiger partial charge in [-0.1, -0.05) is 0 Å². The minimum Gasteiger partial charge on any atom is -0.486 e. The van der Waals surface area contributed by atoms with Crippen LogP contribution in [-0.4, -0.2) is 50.3 Å². The predicted octanol–water partition coefficient (Wildman–Crippen LogP) is 2.45. The normalized spacial score (nSPS) is 15.8. The average Bonchev–Trinajstić information content (AvgIpc) is 2.74. The smallest absolute Gasteiger partial charge is 0.271 e. The van der Waals surface area contributed by atoms with Crippen LogP contribution in [0.4, 0.5) is 17.1 Å². The molecule has 0 saturated carbocycles. The van der Waals surface area contributed by atoms with Gasteiger partial charge in [-0.15, -0.1) is 0 Å². The number of ether oxygens (including phenoxy) is 3. The molecule has 2 aliphatic rings. The van der Waals surface area contributed by atoms with Crippen LogP contribution in [0.5, 0.6) is 11.5 Å². The van der Waals surface area contributed by atoms with Crippen LogP contribution in [0.1, 0.15) is 10.4 Å². The lowest BCUT2D eigenvalue weighted by Crippen LogP contribution is -2.36. The highest BCUT2D eigenvalue weighted by atomic mass is 16.6. The Kier molecular flexibility index (Phi) is 4.98. The highest BCUT2D eigenvalue weighted by Crippen LogP contribution is 2.33. The Labute approximate surface area is 160 Å². The number of nitro groups is 1. The number of amides is 1. The minimum atomic E-state index is -0.448. The summed E-state index contributed by atoms with van der Waals surface area (Å²) in [6.45, 7) is 3.14. The molecule has 0 atom stereocenters. The third kappa shape index (κ3) is 3.70. The number of anilines is 2. The fourth-order valence-corrected chi connectivity index (χ4v) is 3.18. The van der Waals surface area contributed by atoms with E-state index in [0.717, 1.165) is 0 Å². The molecule has 2 heterocycles. The zero-order valence-electron chi connectivity index (χ0n) is 15.1. The number of rotatable bonds is 4. The Hall–Kier alpha value is -3.33. The summed E-state index contributed by atoms with van der Waals surface area (Å²) >= 11 is 0. The van der Waals surface area contributed by atoms with Crippen molar-refractivity contribution >= 4 is 23.0 Å². The number of fused-ring (bicyclic) bond motifs is 1. The third-order valence-corrected chi connectivity index (χ3v) is 4.60. The summed E-state index contributed by atoms with van der Waals surface area (Å²) in [5.41, 5.74) is 1.49. The van der Waals surface area contributed by atoms with E-state index >= 15 is 0 Å². The second-order valence-electron chi connectivity index (χ2n) is 6.37. The van der Waals surface area contributed by atoms with Gasteiger partial charge in [-0.25, -0.2) is 0 Å². The zero-order chi connectivity index (χ0) is 19.5. The molecule has 0 aromatic heterocycles. The molecule has 9 heteroatoms. The number of benzene rings is 2. The molecule has 0 bridgehead atoms. The van der Waals surface area contributed by atoms with E-state index in [4.69, 9.17) is 14.2 Å². The van der Waals surface area contributed by atoms with Crippen LogP contribution in [0.2, 0.25) is 0 Å². The number of carbonyl (C=O) groups is 1. The number of nitrogens with zero attached hydrogens (tertiary/aromatic N) is 2. The molecule has 0 aliphatic carbocycles. The van der Waals surface area contributed by atoms with Gasteiger partial charge in [0, 0.05) is 30.8 Å². The lowest BCUT2D eigenvalue weighted by Gasteiger charge is -2.30. The monoisotopic (exact) mass is 385 g/mol. The SMILES string of the molecule is O=C(Nc1ccc([N+](=O)[O-])cc1N1CCOCC1)c1ccc2c(c1)OCCO2. The van der Waals surface area contributed by atoms with Gasteiger partial charge >= 0.3 is 0 Å². The molecule has 2 aliphatic heterocycles. The molecule has 1 amide bonds. The van der Waals surface area contributed by atoms with E-state index in [0.29, 0.717) is 68.0 Å². The largest absolute Gasteiger partial charge is 0.486 e. The summed E-state index contributed by atoms with van der Waals surface area (Å²) in [5.74, 6) is 0.795. The molecule has 1 saturated heterocycles. The quantitative estimate of drug-likeness (QED) is 0.637. The van der Waals surface area contributed by atoms with Gasteiger partial charge in [0.05, 0.1) is 29.5 Å². The van der Waals surface area contributed by atoms with Crippen molar-refractivity contribution in [1.82, 2.24) is 0 Å². The van der Waals surface area contributed by atoms with E-state index in [-0.39, 0.29) is 11.6 Å².